The molecule has 0 radical (unpaired) electrons. The number of hydrogen-bond donors (Lipinski definition) is 3. The van der Waals surface area contributed by atoms with Crippen LogP contribution in [-0.2, 0) is 14.4 Å². The van der Waals surface area contributed by atoms with E-state index in [0.29, 0.717) is 6.42 Å². The Hall–Kier alpha value is -1.89. The quantitative estimate of drug-likeness (QED) is 0.172. The van der Waals surface area contributed by atoms with E-state index in [1.165, 1.54) is 38.5 Å². The SMILES string of the molecule is CCCCCCCC/C=C/CCCCC[N+](CC(=O)O)(CC(=O)O)CC(=O)O. The second kappa shape index (κ2) is 16.1. The van der Waals surface area contributed by atoms with Gasteiger partial charge in [0.15, 0.2) is 19.6 Å². The van der Waals surface area contributed by atoms with Gasteiger partial charge >= 0.3 is 17.9 Å². The molecule has 162 valence electrons. The van der Waals surface area contributed by atoms with E-state index in [1.807, 2.05) is 0 Å². The molecule has 0 spiro atoms. The normalized spacial score (nSPS) is 11.8. The third-order valence-corrected chi connectivity index (χ3v) is 4.81. The first kappa shape index (κ1) is 26.1. The number of carbonyl (C=O) groups is 3. The van der Waals surface area contributed by atoms with Gasteiger partial charge < -0.3 is 15.3 Å². The summed E-state index contributed by atoms with van der Waals surface area (Å²) in [5, 5.41) is 27.2. The second-order valence-corrected chi connectivity index (χ2v) is 7.60. The highest BCUT2D eigenvalue weighted by molar-refractivity contribution is 5.73. The van der Waals surface area contributed by atoms with Crippen molar-refractivity contribution >= 4 is 17.9 Å². The fourth-order valence-electron chi connectivity index (χ4n) is 3.43. The Kier molecular flexibility index (Phi) is 15.0. The lowest BCUT2D eigenvalue weighted by molar-refractivity contribution is -0.907. The van der Waals surface area contributed by atoms with Gasteiger partial charge in [0, 0.05) is 0 Å². The maximum Gasteiger partial charge on any atom is 0.359 e. The van der Waals surface area contributed by atoms with E-state index in [4.69, 9.17) is 15.3 Å². The van der Waals surface area contributed by atoms with Crippen molar-refractivity contribution in [3.63, 3.8) is 0 Å². The number of unbranched alkanes of at least 4 members (excludes halogenated alkanes) is 9. The highest BCUT2D eigenvalue weighted by atomic mass is 16.4. The molecule has 0 saturated heterocycles. The smallest absolute Gasteiger partial charge is 0.359 e. The fourth-order valence-corrected chi connectivity index (χ4v) is 3.43. The average Bonchev–Trinajstić information content (AvgIpc) is 2.57. The molecule has 0 heterocycles. The maximum atomic E-state index is 11.1. The molecule has 0 aliphatic rings. The third-order valence-electron chi connectivity index (χ3n) is 4.81. The first-order valence-corrected chi connectivity index (χ1v) is 10.5. The van der Waals surface area contributed by atoms with Crippen LogP contribution in [0.3, 0.4) is 0 Å². The Morgan fingerprint density at radius 1 is 0.643 bits per heavy atom. The van der Waals surface area contributed by atoms with Crippen molar-refractivity contribution in [3.05, 3.63) is 12.2 Å². The van der Waals surface area contributed by atoms with Crippen molar-refractivity contribution < 1.29 is 34.2 Å². The molecule has 0 rings (SSSR count). The highest BCUT2D eigenvalue weighted by Crippen LogP contribution is 2.13. The minimum absolute atomic E-state index is 0.242. The number of hydrogen-bond acceptors (Lipinski definition) is 3. The van der Waals surface area contributed by atoms with E-state index in [2.05, 4.69) is 19.1 Å². The van der Waals surface area contributed by atoms with Crippen molar-refractivity contribution in [2.75, 3.05) is 26.2 Å². The summed E-state index contributed by atoms with van der Waals surface area (Å²) in [5.74, 6) is -3.54. The lowest BCUT2D eigenvalue weighted by atomic mass is 10.1. The molecule has 0 aromatic rings. The Bertz CT molecular complexity index is 448. The molecule has 0 aliphatic carbocycles. The van der Waals surface area contributed by atoms with Crippen LogP contribution in [0.25, 0.3) is 0 Å². The molecule has 0 fully saturated rings. The number of allylic oxidation sites excluding steroid dienone is 2. The largest absolute Gasteiger partial charge is 0.477 e. The molecule has 0 aliphatic heterocycles. The van der Waals surface area contributed by atoms with E-state index in [1.54, 1.807) is 0 Å². The van der Waals surface area contributed by atoms with Gasteiger partial charge in [-0.15, -0.1) is 0 Å². The van der Waals surface area contributed by atoms with Crippen LogP contribution < -0.4 is 0 Å². The van der Waals surface area contributed by atoms with E-state index in [0.717, 1.165) is 25.7 Å². The third kappa shape index (κ3) is 15.2. The first-order valence-electron chi connectivity index (χ1n) is 10.5. The van der Waals surface area contributed by atoms with Crippen LogP contribution >= 0.6 is 0 Å². The number of rotatable bonds is 19. The maximum absolute atomic E-state index is 11.1. The zero-order valence-electron chi connectivity index (χ0n) is 17.3. The summed E-state index contributed by atoms with van der Waals surface area (Å²) in [5.41, 5.74) is 0. The lowest BCUT2D eigenvalue weighted by Gasteiger charge is -2.34. The summed E-state index contributed by atoms with van der Waals surface area (Å²) in [6.07, 6.45) is 16.5. The lowest BCUT2D eigenvalue weighted by Crippen LogP contribution is -2.57. The van der Waals surface area contributed by atoms with Crippen LogP contribution in [0, 0.1) is 0 Å². The van der Waals surface area contributed by atoms with Crippen molar-refractivity contribution in [1.29, 1.82) is 0 Å². The summed E-state index contributed by atoms with van der Waals surface area (Å²) >= 11 is 0. The minimum atomic E-state index is -1.18. The van der Waals surface area contributed by atoms with Crippen molar-refractivity contribution in [2.24, 2.45) is 0 Å². The standard InChI is InChI=1S/C21H37NO6/c1-2-3-4-5-6-7-8-9-10-11-12-13-14-15-22(16-19(23)24,17-20(25)26)18-21(27)28/h9-10H,2-8,11-18H2,1H3,(H2-,23,24,25,26,27,28)/p+1/b10-9+. The number of carboxylic acids is 3. The van der Waals surface area contributed by atoms with Gasteiger partial charge in [-0.3, -0.25) is 4.48 Å². The molecule has 0 bridgehead atoms. The van der Waals surface area contributed by atoms with Crippen LogP contribution in [0.2, 0.25) is 0 Å². The Morgan fingerprint density at radius 3 is 1.46 bits per heavy atom. The molecule has 28 heavy (non-hydrogen) atoms. The molecule has 0 saturated carbocycles. The summed E-state index contributed by atoms with van der Waals surface area (Å²) < 4.78 is -0.451. The van der Waals surface area contributed by atoms with Gasteiger partial charge in [-0.2, -0.15) is 0 Å². The van der Waals surface area contributed by atoms with Gasteiger partial charge in [-0.25, -0.2) is 14.4 Å². The summed E-state index contributed by atoms with van der Waals surface area (Å²) in [7, 11) is 0. The van der Waals surface area contributed by atoms with Crippen molar-refractivity contribution in [2.45, 2.75) is 77.6 Å². The zero-order chi connectivity index (χ0) is 21.3. The topological polar surface area (TPSA) is 112 Å². The monoisotopic (exact) mass is 400 g/mol. The molecular formula is C21H38NO6+. The predicted molar refractivity (Wildman–Crippen MR) is 108 cm³/mol. The first-order chi connectivity index (χ1) is 13.3. The fraction of sp³-hybridized carbons (Fsp3) is 0.762. The van der Waals surface area contributed by atoms with Gasteiger partial charge in [0.2, 0.25) is 0 Å². The van der Waals surface area contributed by atoms with Gasteiger partial charge in [0.05, 0.1) is 6.54 Å². The van der Waals surface area contributed by atoms with Crippen LogP contribution in [-0.4, -0.2) is 63.9 Å². The number of aliphatic carboxylic acids is 3. The molecule has 0 amide bonds. The molecular weight excluding hydrogens is 362 g/mol. The van der Waals surface area contributed by atoms with E-state index in [9.17, 15) is 14.4 Å². The molecule has 7 nitrogen and oxygen atoms in total. The second-order valence-electron chi connectivity index (χ2n) is 7.60. The summed E-state index contributed by atoms with van der Waals surface area (Å²) in [6.45, 7) is 0.989. The molecule has 0 aromatic carbocycles. The van der Waals surface area contributed by atoms with E-state index in [-0.39, 0.29) is 6.54 Å². The van der Waals surface area contributed by atoms with Crippen LogP contribution in [0.5, 0.6) is 0 Å². The highest BCUT2D eigenvalue weighted by Gasteiger charge is 2.35. The average molecular weight is 401 g/mol. The van der Waals surface area contributed by atoms with E-state index >= 15 is 0 Å². The van der Waals surface area contributed by atoms with E-state index < -0.39 is 42.0 Å². The number of quaternary nitrogens is 1. The molecule has 0 unspecified atom stereocenters. The van der Waals surface area contributed by atoms with Crippen molar-refractivity contribution in [3.8, 4) is 0 Å². The molecule has 7 heteroatoms. The van der Waals surface area contributed by atoms with Crippen LogP contribution in [0.4, 0.5) is 0 Å². The van der Waals surface area contributed by atoms with Crippen LogP contribution in [0.1, 0.15) is 77.6 Å². The zero-order valence-corrected chi connectivity index (χ0v) is 17.3. The predicted octanol–water partition coefficient (Wildman–Crippen LogP) is 3.92. The number of nitrogens with zero attached hydrogens (tertiary/aromatic N) is 1. The van der Waals surface area contributed by atoms with Gasteiger partial charge in [-0.1, -0.05) is 51.2 Å². The Labute approximate surface area is 168 Å². The van der Waals surface area contributed by atoms with Gasteiger partial charge in [0.25, 0.3) is 0 Å². The summed E-state index contributed by atoms with van der Waals surface area (Å²) in [4.78, 5) is 33.3. The Balaban J connectivity index is 4.12. The van der Waals surface area contributed by atoms with Crippen molar-refractivity contribution in [1.82, 2.24) is 0 Å². The van der Waals surface area contributed by atoms with Gasteiger partial charge in [-0.05, 0) is 38.5 Å². The molecule has 0 aromatic heterocycles. The summed E-state index contributed by atoms with van der Waals surface area (Å²) in [6, 6.07) is 0. The van der Waals surface area contributed by atoms with Crippen LogP contribution in [0.15, 0.2) is 12.2 Å². The minimum Gasteiger partial charge on any atom is -0.477 e. The molecule has 3 N–H and O–H groups in total. The Morgan fingerprint density at radius 2 is 1.04 bits per heavy atom. The molecule has 0 atom stereocenters. The van der Waals surface area contributed by atoms with Gasteiger partial charge in [0.1, 0.15) is 0 Å². The number of carboxylic acid groups (broad SMARTS) is 3.